The van der Waals surface area contributed by atoms with E-state index in [9.17, 15) is 9.59 Å². The molecule has 1 aliphatic heterocycles. The summed E-state index contributed by atoms with van der Waals surface area (Å²) in [6, 6.07) is 7.36. The van der Waals surface area contributed by atoms with Gasteiger partial charge in [0.05, 0.1) is 13.1 Å². The Morgan fingerprint density at radius 3 is 3.05 bits per heavy atom. The Morgan fingerprint density at radius 2 is 2.32 bits per heavy atom. The van der Waals surface area contributed by atoms with E-state index in [2.05, 4.69) is 10.6 Å². The molecule has 2 rings (SSSR count). The van der Waals surface area contributed by atoms with Gasteiger partial charge >= 0.3 is 0 Å². The molecule has 6 heteroatoms. The first-order valence-corrected chi connectivity index (χ1v) is 6.51. The van der Waals surface area contributed by atoms with Crippen LogP contribution in [0.5, 0.6) is 0 Å². The van der Waals surface area contributed by atoms with E-state index in [1.165, 1.54) is 0 Å². The van der Waals surface area contributed by atoms with Crippen molar-refractivity contribution in [3.63, 3.8) is 0 Å². The average Bonchev–Trinajstić information content (AvgIpc) is 2.36. The van der Waals surface area contributed by atoms with Gasteiger partial charge in [0.1, 0.15) is 0 Å². The average molecular weight is 282 g/mol. The number of piperazine rings is 1. The number of hydrogen-bond acceptors (Lipinski definition) is 3. The largest absolute Gasteiger partial charge is 0.354 e. The summed E-state index contributed by atoms with van der Waals surface area (Å²) >= 11 is 5.87. The summed E-state index contributed by atoms with van der Waals surface area (Å²) in [4.78, 5) is 24.8. The third-order valence-electron chi connectivity index (χ3n) is 2.86. The van der Waals surface area contributed by atoms with Crippen molar-refractivity contribution >= 4 is 23.4 Å². The molecule has 1 fully saturated rings. The number of rotatable bonds is 4. The number of nitrogens with one attached hydrogen (secondary N) is 2. The van der Waals surface area contributed by atoms with Gasteiger partial charge in [0.2, 0.25) is 11.8 Å². The highest BCUT2D eigenvalue weighted by atomic mass is 35.5. The number of benzene rings is 1. The van der Waals surface area contributed by atoms with Crippen LogP contribution in [0.4, 0.5) is 0 Å². The predicted molar refractivity (Wildman–Crippen MR) is 72.7 cm³/mol. The molecule has 102 valence electrons. The molecule has 0 atom stereocenters. The van der Waals surface area contributed by atoms with Gasteiger partial charge in [-0.15, -0.1) is 0 Å². The van der Waals surface area contributed by atoms with Crippen molar-refractivity contribution in [3.8, 4) is 0 Å². The van der Waals surface area contributed by atoms with Crippen LogP contribution in [0.1, 0.15) is 5.56 Å². The smallest absolute Gasteiger partial charge is 0.234 e. The summed E-state index contributed by atoms with van der Waals surface area (Å²) < 4.78 is 0. The lowest BCUT2D eigenvalue weighted by atomic mass is 10.2. The lowest BCUT2D eigenvalue weighted by Crippen LogP contribution is -2.50. The molecule has 1 aromatic carbocycles. The van der Waals surface area contributed by atoms with E-state index in [-0.39, 0.29) is 24.9 Å². The SMILES string of the molecule is O=C1CN(CC(=O)NCc2cccc(Cl)c2)CCN1. The number of hydrogen-bond donors (Lipinski definition) is 2. The van der Waals surface area contributed by atoms with E-state index in [1.807, 2.05) is 23.1 Å². The molecule has 0 saturated carbocycles. The zero-order valence-corrected chi connectivity index (χ0v) is 11.2. The summed E-state index contributed by atoms with van der Waals surface area (Å²) in [7, 11) is 0. The monoisotopic (exact) mass is 281 g/mol. The summed E-state index contributed by atoms with van der Waals surface area (Å²) in [6.07, 6.45) is 0. The summed E-state index contributed by atoms with van der Waals surface area (Å²) in [5, 5.41) is 6.19. The molecule has 2 amide bonds. The van der Waals surface area contributed by atoms with E-state index in [0.717, 1.165) is 5.56 Å². The quantitative estimate of drug-likeness (QED) is 0.839. The standard InChI is InChI=1S/C13H16ClN3O2/c14-11-3-1-2-10(6-11)7-16-13(19)9-17-5-4-15-12(18)8-17/h1-3,6H,4-5,7-9H2,(H,15,18)(H,16,19). The van der Waals surface area contributed by atoms with E-state index in [1.54, 1.807) is 6.07 Å². The second-order valence-electron chi connectivity index (χ2n) is 4.47. The predicted octanol–water partition coefficient (Wildman–Crippen LogP) is 0.388. The fraction of sp³-hybridized carbons (Fsp3) is 0.385. The van der Waals surface area contributed by atoms with Crippen LogP contribution in [-0.4, -0.2) is 42.9 Å². The van der Waals surface area contributed by atoms with Crippen molar-refractivity contribution < 1.29 is 9.59 Å². The number of nitrogens with zero attached hydrogens (tertiary/aromatic N) is 1. The normalized spacial score (nSPS) is 15.9. The van der Waals surface area contributed by atoms with Crippen molar-refractivity contribution in [2.75, 3.05) is 26.2 Å². The van der Waals surface area contributed by atoms with Crippen molar-refractivity contribution in [1.29, 1.82) is 0 Å². The fourth-order valence-electron chi connectivity index (χ4n) is 1.93. The topological polar surface area (TPSA) is 61.4 Å². The second-order valence-corrected chi connectivity index (χ2v) is 4.90. The first kappa shape index (κ1) is 13.8. The highest BCUT2D eigenvalue weighted by molar-refractivity contribution is 6.30. The van der Waals surface area contributed by atoms with Crippen LogP contribution in [0.2, 0.25) is 5.02 Å². The van der Waals surface area contributed by atoms with Gasteiger partial charge in [0.25, 0.3) is 0 Å². The van der Waals surface area contributed by atoms with Gasteiger partial charge in [-0.1, -0.05) is 23.7 Å². The van der Waals surface area contributed by atoms with Crippen LogP contribution in [0.15, 0.2) is 24.3 Å². The molecule has 0 bridgehead atoms. The van der Waals surface area contributed by atoms with E-state index in [0.29, 0.717) is 24.7 Å². The van der Waals surface area contributed by atoms with Gasteiger partial charge in [-0.05, 0) is 17.7 Å². The van der Waals surface area contributed by atoms with Crippen LogP contribution in [-0.2, 0) is 16.1 Å². The summed E-state index contributed by atoms with van der Waals surface area (Å²) in [5.74, 6) is -0.122. The van der Waals surface area contributed by atoms with Crippen molar-refractivity contribution in [2.24, 2.45) is 0 Å². The Bertz CT molecular complexity index is 479. The molecule has 1 aromatic rings. The Balaban J connectivity index is 1.77. The molecule has 0 spiro atoms. The number of amides is 2. The van der Waals surface area contributed by atoms with Crippen LogP contribution in [0.25, 0.3) is 0 Å². The van der Waals surface area contributed by atoms with E-state index >= 15 is 0 Å². The molecule has 19 heavy (non-hydrogen) atoms. The van der Waals surface area contributed by atoms with E-state index < -0.39 is 0 Å². The maximum atomic E-state index is 11.8. The Morgan fingerprint density at radius 1 is 1.47 bits per heavy atom. The summed E-state index contributed by atoms with van der Waals surface area (Å²) in [5.41, 5.74) is 0.956. The number of carbonyl (C=O) groups excluding carboxylic acids is 2. The molecule has 2 N–H and O–H groups in total. The van der Waals surface area contributed by atoms with Gasteiger partial charge in [-0.2, -0.15) is 0 Å². The van der Waals surface area contributed by atoms with Crippen LogP contribution in [0, 0.1) is 0 Å². The molecule has 5 nitrogen and oxygen atoms in total. The maximum absolute atomic E-state index is 11.8. The maximum Gasteiger partial charge on any atom is 0.234 e. The minimum absolute atomic E-state index is 0.0334. The Labute approximate surface area is 116 Å². The molecule has 0 radical (unpaired) electrons. The molecule has 1 saturated heterocycles. The highest BCUT2D eigenvalue weighted by Gasteiger charge is 2.18. The fourth-order valence-corrected chi connectivity index (χ4v) is 2.15. The third kappa shape index (κ3) is 4.54. The molecule has 0 unspecified atom stereocenters. The zero-order chi connectivity index (χ0) is 13.7. The minimum atomic E-state index is -0.0883. The number of carbonyl (C=O) groups is 2. The van der Waals surface area contributed by atoms with Gasteiger partial charge in [-0.25, -0.2) is 0 Å². The van der Waals surface area contributed by atoms with Crippen LogP contribution in [0.3, 0.4) is 0 Å². The third-order valence-corrected chi connectivity index (χ3v) is 3.10. The zero-order valence-electron chi connectivity index (χ0n) is 10.5. The number of halogens is 1. The first-order chi connectivity index (χ1) is 9.13. The lowest BCUT2D eigenvalue weighted by molar-refractivity contribution is -0.127. The van der Waals surface area contributed by atoms with Gasteiger partial charge < -0.3 is 10.6 Å². The molecular formula is C13H16ClN3O2. The van der Waals surface area contributed by atoms with E-state index in [4.69, 9.17) is 11.6 Å². The molecule has 1 aliphatic rings. The van der Waals surface area contributed by atoms with Gasteiger partial charge in [-0.3, -0.25) is 14.5 Å². The highest BCUT2D eigenvalue weighted by Crippen LogP contribution is 2.10. The molecular weight excluding hydrogens is 266 g/mol. The van der Waals surface area contributed by atoms with Crippen molar-refractivity contribution in [3.05, 3.63) is 34.9 Å². The Hall–Kier alpha value is -1.59. The summed E-state index contributed by atoms with van der Waals surface area (Å²) in [6.45, 7) is 2.27. The minimum Gasteiger partial charge on any atom is -0.354 e. The molecule has 1 heterocycles. The van der Waals surface area contributed by atoms with Gasteiger partial charge in [0, 0.05) is 24.7 Å². The van der Waals surface area contributed by atoms with Gasteiger partial charge in [0.15, 0.2) is 0 Å². The van der Waals surface area contributed by atoms with Crippen LogP contribution >= 0.6 is 11.6 Å². The van der Waals surface area contributed by atoms with Crippen molar-refractivity contribution in [1.82, 2.24) is 15.5 Å². The molecule has 0 aromatic heterocycles. The van der Waals surface area contributed by atoms with Crippen molar-refractivity contribution in [2.45, 2.75) is 6.54 Å². The first-order valence-electron chi connectivity index (χ1n) is 6.14. The Kier molecular flexibility index (Phi) is 4.76. The van der Waals surface area contributed by atoms with Crippen LogP contribution < -0.4 is 10.6 Å². The second kappa shape index (κ2) is 6.54. The lowest BCUT2D eigenvalue weighted by Gasteiger charge is -2.25. The molecule has 0 aliphatic carbocycles.